The van der Waals surface area contributed by atoms with Crippen molar-refractivity contribution in [2.45, 2.75) is 37.7 Å². The number of nitrogens with two attached hydrogens (primary N) is 1. The van der Waals surface area contributed by atoms with Gasteiger partial charge in [-0.15, -0.1) is 0 Å². The number of aromatic nitrogens is 2. The molecule has 0 spiro atoms. The van der Waals surface area contributed by atoms with Crippen LogP contribution in [0.2, 0.25) is 0 Å². The third-order valence-corrected chi connectivity index (χ3v) is 4.71. The van der Waals surface area contributed by atoms with Crippen molar-refractivity contribution in [2.24, 2.45) is 5.73 Å². The van der Waals surface area contributed by atoms with Gasteiger partial charge in [-0.3, -0.25) is 19.6 Å². The van der Waals surface area contributed by atoms with Crippen LogP contribution in [0, 0.1) is 0 Å². The normalized spacial score (nSPS) is 24.8. The van der Waals surface area contributed by atoms with Gasteiger partial charge >= 0.3 is 0 Å². The summed E-state index contributed by atoms with van der Waals surface area (Å²) in [5, 5.41) is 9.80. The SMILES string of the molecule is NC(=O)c1cc([C@@H]2CCCN(CC(=O)NC[C@H]3CCCO3)C2)[nH]n1. The molecule has 0 radical (unpaired) electrons. The Morgan fingerprint density at radius 2 is 2.29 bits per heavy atom. The fourth-order valence-electron chi connectivity index (χ4n) is 3.42. The number of hydrogen-bond donors (Lipinski definition) is 3. The predicted octanol–water partition coefficient (Wildman–Crippen LogP) is -0.0168. The second-order valence-corrected chi connectivity index (χ2v) is 6.59. The number of aromatic amines is 1. The van der Waals surface area contributed by atoms with Gasteiger partial charge in [0.2, 0.25) is 5.91 Å². The molecule has 3 heterocycles. The first-order valence-corrected chi connectivity index (χ1v) is 8.57. The van der Waals surface area contributed by atoms with Crippen molar-refractivity contribution < 1.29 is 14.3 Å². The molecule has 132 valence electrons. The second kappa shape index (κ2) is 7.76. The van der Waals surface area contributed by atoms with Gasteiger partial charge < -0.3 is 15.8 Å². The lowest BCUT2D eigenvalue weighted by Gasteiger charge is -2.31. The third-order valence-electron chi connectivity index (χ3n) is 4.71. The van der Waals surface area contributed by atoms with Crippen LogP contribution in [0.5, 0.6) is 0 Å². The van der Waals surface area contributed by atoms with Crippen LogP contribution in [-0.2, 0) is 9.53 Å². The predicted molar refractivity (Wildman–Crippen MR) is 87.5 cm³/mol. The Bertz CT molecular complexity index is 582. The summed E-state index contributed by atoms with van der Waals surface area (Å²) >= 11 is 0. The van der Waals surface area contributed by atoms with Gasteiger partial charge in [0.25, 0.3) is 5.91 Å². The summed E-state index contributed by atoms with van der Waals surface area (Å²) in [6.07, 6.45) is 4.28. The van der Waals surface area contributed by atoms with Gasteiger partial charge in [0, 0.05) is 31.3 Å². The quantitative estimate of drug-likeness (QED) is 0.676. The Labute approximate surface area is 141 Å². The molecule has 0 saturated carbocycles. The van der Waals surface area contributed by atoms with Crippen LogP contribution >= 0.6 is 0 Å². The summed E-state index contributed by atoms with van der Waals surface area (Å²) < 4.78 is 5.51. The van der Waals surface area contributed by atoms with E-state index in [1.165, 1.54) is 0 Å². The Kier molecular flexibility index (Phi) is 5.47. The van der Waals surface area contributed by atoms with Crippen molar-refractivity contribution in [3.8, 4) is 0 Å². The molecule has 8 heteroatoms. The van der Waals surface area contributed by atoms with E-state index in [0.717, 1.165) is 51.1 Å². The van der Waals surface area contributed by atoms with E-state index in [1.54, 1.807) is 6.07 Å². The lowest BCUT2D eigenvalue weighted by molar-refractivity contribution is -0.123. The zero-order valence-electron chi connectivity index (χ0n) is 13.8. The second-order valence-electron chi connectivity index (χ2n) is 6.59. The lowest BCUT2D eigenvalue weighted by atomic mass is 9.94. The Morgan fingerprint density at radius 1 is 1.42 bits per heavy atom. The monoisotopic (exact) mass is 335 g/mol. The number of carbonyl (C=O) groups excluding carboxylic acids is 2. The molecule has 24 heavy (non-hydrogen) atoms. The van der Waals surface area contributed by atoms with Gasteiger partial charge in [-0.25, -0.2) is 0 Å². The zero-order chi connectivity index (χ0) is 16.9. The van der Waals surface area contributed by atoms with Crippen LogP contribution in [0.4, 0.5) is 0 Å². The van der Waals surface area contributed by atoms with Gasteiger partial charge in [-0.1, -0.05) is 0 Å². The number of rotatable bonds is 6. The standard InChI is InChI=1S/C16H25N5O3/c17-16(23)14-7-13(19-20-14)11-3-1-5-21(9-11)10-15(22)18-8-12-4-2-6-24-12/h7,11-12H,1-6,8-10H2,(H2,17,23)(H,18,22)(H,19,20)/t11-,12-/m1/s1. The van der Waals surface area contributed by atoms with Crippen LogP contribution in [0.15, 0.2) is 6.07 Å². The summed E-state index contributed by atoms with van der Waals surface area (Å²) in [7, 11) is 0. The molecule has 2 aliphatic heterocycles. The highest BCUT2D eigenvalue weighted by atomic mass is 16.5. The molecule has 2 atom stereocenters. The maximum Gasteiger partial charge on any atom is 0.269 e. The maximum absolute atomic E-state index is 12.1. The Morgan fingerprint density at radius 3 is 3.00 bits per heavy atom. The number of nitrogens with one attached hydrogen (secondary N) is 2. The minimum absolute atomic E-state index is 0.0357. The van der Waals surface area contributed by atoms with Crippen molar-refractivity contribution in [3.63, 3.8) is 0 Å². The summed E-state index contributed by atoms with van der Waals surface area (Å²) in [6, 6.07) is 1.72. The minimum Gasteiger partial charge on any atom is -0.376 e. The van der Waals surface area contributed by atoms with Crippen molar-refractivity contribution >= 4 is 11.8 Å². The molecule has 0 aliphatic carbocycles. The molecule has 2 aliphatic rings. The smallest absolute Gasteiger partial charge is 0.269 e. The molecule has 2 saturated heterocycles. The molecule has 1 aromatic rings. The average Bonchev–Trinajstić information content (AvgIpc) is 3.25. The molecular formula is C16H25N5O3. The Balaban J connectivity index is 1.47. The number of amides is 2. The first kappa shape index (κ1) is 16.9. The third kappa shape index (κ3) is 4.33. The van der Waals surface area contributed by atoms with Crippen molar-refractivity contribution in [1.82, 2.24) is 20.4 Å². The molecular weight excluding hydrogens is 310 g/mol. The molecule has 2 fully saturated rings. The van der Waals surface area contributed by atoms with Gasteiger partial charge in [0.15, 0.2) is 0 Å². The molecule has 0 bridgehead atoms. The number of primary amides is 1. The summed E-state index contributed by atoms with van der Waals surface area (Å²) in [5.41, 5.74) is 6.41. The average molecular weight is 335 g/mol. The van der Waals surface area contributed by atoms with Gasteiger partial charge in [-0.05, 0) is 38.3 Å². The number of piperidine rings is 1. The lowest BCUT2D eigenvalue weighted by Crippen LogP contribution is -2.43. The first-order valence-electron chi connectivity index (χ1n) is 8.57. The first-order chi connectivity index (χ1) is 11.6. The van der Waals surface area contributed by atoms with E-state index < -0.39 is 5.91 Å². The van der Waals surface area contributed by atoms with Crippen LogP contribution in [0.25, 0.3) is 0 Å². The van der Waals surface area contributed by atoms with Crippen LogP contribution < -0.4 is 11.1 Å². The van der Waals surface area contributed by atoms with E-state index >= 15 is 0 Å². The van der Waals surface area contributed by atoms with Crippen molar-refractivity contribution in [2.75, 3.05) is 32.8 Å². The number of nitrogens with zero attached hydrogens (tertiary/aromatic N) is 2. The van der Waals surface area contributed by atoms with Crippen LogP contribution in [0.1, 0.15) is 47.8 Å². The highest BCUT2D eigenvalue weighted by Crippen LogP contribution is 2.25. The number of likely N-dealkylation sites (tertiary alicyclic amines) is 1. The van der Waals surface area contributed by atoms with E-state index in [2.05, 4.69) is 20.4 Å². The maximum atomic E-state index is 12.1. The molecule has 4 N–H and O–H groups in total. The van der Waals surface area contributed by atoms with E-state index in [-0.39, 0.29) is 23.6 Å². The van der Waals surface area contributed by atoms with Gasteiger partial charge in [0.05, 0.1) is 12.6 Å². The molecule has 3 rings (SSSR count). The number of hydrogen-bond acceptors (Lipinski definition) is 5. The van der Waals surface area contributed by atoms with Crippen molar-refractivity contribution in [3.05, 3.63) is 17.5 Å². The van der Waals surface area contributed by atoms with Gasteiger partial charge in [-0.2, -0.15) is 5.10 Å². The summed E-state index contributed by atoms with van der Waals surface area (Å²) in [5.74, 6) is -0.252. The number of ether oxygens (including phenoxy) is 1. The zero-order valence-corrected chi connectivity index (χ0v) is 13.8. The molecule has 1 aromatic heterocycles. The van der Waals surface area contributed by atoms with E-state index in [4.69, 9.17) is 10.5 Å². The van der Waals surface area contributed by atoms with Crippen LogP contribution in [-0.4, -0.2) is 65.8 Å². The highest BCUT2D eigenvalue weighted by molar-refractivity contribution is 5.90. The highest BCUT2D eigenvalue weighted by Gasteiger charge is 2.25. The summed E-state index contributed by atoms with van der Waals surface area (Å²) in [6.45, 7) is 3.46. The summed E-state index contributed by atoms with van der Waals surface area (Å²) in [4.78, 5) is 25.4. The molecule has 0 unspecified atom stereocenters. The van der Waals surface area contributed by atoms with Gasteiger partial charge in [0.1, 0.15) is 5.69 Å². The fraction of sp³-hybridized carbons (Fsp3) is 0.688. The molecule has 8 nitrogen and oxygen atoms in total. The largest absolute Gasteiger partial charge is 0.376 e. The minimum atomic E-state index is -0.529. The molecule has 0 aromatic carbocycles. The van der Waals surface area contributed by atoms with E-state index in [9.17, 15) is 9.59 Å². The Hall–Kier alpha value is -1.93. The topological polar surface area (TPSA) is 113 Å². The van der Waals surface area contributed by atoms with Crippen LogP contribution in [0.3, 0.4) is 0 Å². The number of H-pyrrole nitrogens is 1. The fourth-order valence-corrected chi connectivity index (χ4v) is 3.42. The molecule has 2 amide bonds. The van der Waals surface area contributed by atoms with E-state index in [1.807, 2.05) is 0 Å². The number of carbonyl (C=O) groups is 2. The van der Waals surface area contributed by atoms with Crippen molar-refractivity contribution in [1.29, 1.82) is 0 Å². The van der Waals surface area contributed by atoms with E-state index in [0.29, 0.717) is 13.1 Å².